The first kappa shape index (κ1) is 16.6. The molecule has 134 valence electrons. The van der Waals surface area contributed by atoms with Gasteiger partial charge < -0.3 is 5.32 Å². The highest BCUT2D eigenvalue weighted by atomic mass is 16.2. The van der Waals surface area contributed by atoms with E-state index in [1.54, 1.807) is 48.5 Å². The second kappa shape index (κ2) is 6.45. The molecule has 0 saturated heterocycles. The fourth-order valence-corrected chi connectivity index (χ4v) is 2.93. The molecule has 0 radical (unpaired) electrons. The van der Waals surface area contributed by atoms with Crippen LogP contribution in [0.3, 0.4) is 0 Å². The van der Waals surface area contributed by atoms with Gasteiger partial charge in [0.2, 0.25) is 5.91 Å². The molecular formula is C18H14N6O3. The van der Waals surface area contributed by atoms with E-state index in [1.165, 1.54) is 17.9 Å². The molecule has 3 amide bonds. The van der Waals surface area contributed by atoms with Crippen molar-refractivity contribution < 1.29 is 14.4 Å². The van der Waals surface area contributed by atoms with Crippen LogP contribution < -0.4 is 5.32 Å². The number of nitrogens with zero attached hydrogens (tertiary/aromatic N) is 5. The van der Waals surface area contributed by atoms with Gasteiger partial charge in [0.15, 0.2) is 0 Å². The highest BCUT2D eigenvalue weighted by Crippen LogP contribution is 2.25. The Morgan fingerprint density at radius 2 is 1.74 bits per heavy atom. The molecule has 0 bridgehead atoms. The number of hydrogen-bond donors (Lipinski definition) is 1. The third-order valence-corrected chi connectivity index (χ3v) is 4.32. The number of nitrogens with one attached hydrogen (secondary N) is 1. The van der Waals surface area contributed by atoms with Gasteiger partial charge in [-0.15, -0.1) is 5.10 Å². The van der Waals surface area contributed by atoms with Crippen molar-refractivity contribution in [3.05, 3.63) is 66.0 Å². The van der Waals surface area contributed by atoms with Crippen LogP contribution in [0.2, 0.25) is 0 Å². The van der Waals surface area contributed by atoms with Gasteiger partial charge in [0.25, 0.3) is 11.8 Å². The fourth-order valence-electron chi connectivity index (χ4n) is 2.93. The molecule has 3 aromatic rings. The van der Waals surface area contributed by atoms with Crippen molar-refractivity contribution >= 4 is 23.4 Å². The Hall–Kier alpha value is -3.88. The van der Waals surface area contributed by atoms with Crippen LogP contribution in [-0.2, 0) is 4.79 Å². The molecule has 1 atom stereocenters. The molecule has 0 spiro atoms. The molecule has 2 aromatic carbocycles. The van der Waals surface area contributed by atoms with Crippen molar-refractivity contribution in [3.8, 4) is 5.69 Å². The molecule has 1 N–H and O–H groups in total. The molecule has 2 heterocycles. The summed E-state index contributed by atoms with van der Waals surface area (Å²) in [6, 6.07) is 12.5. The summed E-state index contributed by atoms with van der Waals surface area (Å²) in [6.45, 7) is 1.52. The van der Waals surface area contributed by atoms with Crippen molar-refractivity contribution in [2.45, 2.75) is 13.0 Å². The van der Waals surface area contributed by atoms with Gasteiger partial charge in [-0.25, -0.2) is 4.68 Å². The Labute approximate surface area is 153 Å². The lowest BCUT2D eigenvalue weighted by Crippen LogP contribution is -2.45. The smallest absolute Gasteiger partial charge is 0.262 e. The van der Waals surface area contributed by atoms with Crippen LogP contribution in [0.4, 0.5) is 5.69 Å². The number of tetrazole rings is 1. The first-order valence-corrected chi connectivity index (χ1v) is 8.17. The standard InChI is InChI=1S/C18H14N6O3/c1-11(24-17(26)14-7-2-3-8-15(14)18(24)27)16(25)20-12-5-4-6-13(9-12)23-10-19-21-22-23/h2-11H,1H3,(H,20,25). The van der Waals surface area contributed by atoms with E-state index >= 15 is 0 Å². The van der Waals surface area contributed by atoms with Gasteiger partial charge in [-0.2, -0.15) is 0 Å². The number of hydrogen-bond acceptors (Lipinski definition) is 6. The van der Waals surface area contributed by atoms with Gasteiger partial charge in [-0.1, -0.05) is 18.2 Å². The summed E-state index contributed by atoms with van der Waals surface area (Å²) in [5.41, 5.74) is 1.77. The molecule has 0 fully saturated rings. The zero-order chi connectivity index (χ0) is 19.0. The van der Waals surface area contributed by atoms with Crippen molar-refractivity contribution in [2.75, 3.05) is 5.32 Å². The first-order chi connectivity index (χ1) is 13.1. The number of anilines is 1. The average Bonchev–Trinajstić information content (AvgIpc) is 3.30. The number of imide groups is 1. The average molecular weight is 362 g/mol. The number of carbonyl (C=O) groups is 3. The third kappa shape index (κ3) is 2.84. The molecule has 1 unspecified atom stereocenters. The number of carbonyl (C=O) groups excluding carboxylic acids is 3. The summed E-state index contributed by atoms with van der Waals surface area (Å²) in [5.74, 6) is -1.42. The SMILES string of the molecule is CC(C(=O)Nc1cccc(-n2cnnn2)c1)N1C(=O)c2ccccc2C1=O. The highest BCUT2D eigenvalue weighted by molar-refractivity contribution is 6.23. The maximum absolute atomic E-state index is 12.6. The van der Waals surface area contributed by atoms with Gasteiger partial charge in [-0.05, 0) is 47.7 Å². The Bertz CT molecular complexity index is 1010. The minimum Gasteiger partial charge on any atom is -0.324 e. The van der Waals surface area contributed by atoms with Crippen LogP contribution in [0, 0.1) is 0 Å². The van der Waals surface area contributed by atoms with E-state index in [0.29, 0.717) is 22.5 Å². The Morgan fingerprint density at radius 3 is 2.37 bits per heavy atom. The monoisotopic (exact) mass is 362 g/mol. The number of amides is 3. The number of fused-ring (bicyclic) bond motifs is 1. The van der Waals surface area contributed by atoms with Gasteiger partial charge >= 0.3 is 0 Å². The van der Waals surface area contributed by atoms with Crippen LogP contribution in [0.15, 0.2) is 54.9 Å². The minimum absolute atomic E-state index is 0.308. The molecular weight excluding hydrogens is 348 g/mol. The summed E-state index contributed by atoms with van der Waals surface area (Å²) in [7, 11) is 0. The van der Waals surface area contributed by atoms with E-state index in [9.17, 15) is 14.4 Å². The van der Waals surface area contributed by atoms with Crippen LogP contribution in [0.5, 0.6) is 0 Å². The lowest BCUT2D eigenvalue weighted by molar-refractivity contribution is -0.119. The molecule has 1 aromatic heterocycles. The zero-order valence-corrected chi connectivity index (χ0v) is 14.2. The van der Waals surface area contributed by atoms with Crippen LogP contribution in [0.1, 0.15) is 27.6 Å². The number of aromatic nitrogens is 4. The predicted molar refractivity (Wildman–Crippen MR) is 94.2 cm³/mol. The predicted octanol–water partition coefficient (Wildman–Crippen LogP) is 1.29. The van der Waals surface area contributed by atoms with Crippen LogP contribution in [-0.4, -0.2) is 48.9 Å². The van der Waals surface area contributed by atoms with Crippen LogP contribution in [0.25, 0.3) is 5.69 Å². The first-order valence-electron chi connectivity index (χ1n) is 8.17. The van der Waals surface area contributed by atoms with Crippen molar-refractivity contribution in [2.24, 2.45) is 0 Å². The normalized spacial score (nSPS) is 14.2. The van der Waals surface area contributed by atoms with E-state index in [-0.39, 0.29) is 0 Å². The maximum Gasteiger partial charge on any atom is 0.262 e. The highest BCUT2D eigenvalue weighted by Gasteiger charge is 2.40. The van der Waals surface area contributed by atoms with Gasteiger partial charge in [0, 0.05) is 5.69 Å². The van der Waals surface area contributed by atoms with Gasteiger partial charge in [0.05, 0.1) is 16.8 Å². The van der Waals surface area contributed by atoms with E-state index in [4.69, 9.17) is 0 Å². The largest absolute Gasteiger partial charge is 0.324 e. The molecule has 0 saturated carbocycles. The lowest BCUT2D eigenvalue weighted by atomic mass is 10.1. The summed E-state index contributed by atoms with van der Waals surface area (Å²) in [4.78, 5) is 38.6. The van der Waals surface area contributed by atoms with Crippen molar-refractivity contribution in [3.63, 3.8) is 0 Å². The lowest BCUT2D eigenvalue weighted by Gasteiger charge is -2.21. The van der Waals surface area contributed by atoms with E-state index in [0.717, 1.165) is 4.90 Å². The quantitative estimate of drug-likeness (QED) is 0.700. The molecule has 1 aliphatic rings. The molecule has 27 heavy (non-hydrogen) atoms. The molecule has 4 rings (SSSR count). The van der Waals surface area contributed by atoms with Crippen molar-refractivity contribution in [1.29, 1.82) is 0 Å². The molecule has 9 nitrogen and oxygen atoms in total. The second-order valence-corrected chi connectivity index (χ2v) is 6.00. The van der Waals surface area contributed by atoms with Gasteiger partial charge in [0.1, 0.15) is 12.4 Å². The number of rotatable bonds is 4. The molecule has 1 aliphatic heterocycles. The summed E-state index contributed by atoms with van der Waals surface area (Å²) in [5, 5.41) is 13.7. The summed E-state index contributed by atoms with van der Waals surface area (Å²) in [6.07, 6.45) is 1.43. The minimum atomic E-state index is -0.964. The van der Waals surface area contributed by atoms with Crippen molar-refractivity contribution in [1.82, 2.24) is 25.1 Å². The molecule has 0 aliphatic carbocycles. The second-order valence-electron chi connectivity index (χ2n) is 6.00. The van der Waals surface area contributed by atoms with E-state index < -0.39 is 23.8 Å². The van der Waals surface area contributed by atoms with E-state index in [2.05, 4.69) is 20.8 Å². The summed E-state index contributed by atoms with van der Waals surface area (Å²) >= 11 is 0. The molecule has 9 heteroatoms. The van der Waals surface area contributed by atoms with Gasteiger partial charge in [-0.3, -0.25) is 19.3 Å². The Morgan fingerprint density at radius 1 is 1.04 bits per heavy atom. The number of benzene rings is 2. The topological polar surface area (TPSA) is 110 Å². The Kier molecular flexibility index (Phi) is 3.96. The fraction of sp³-hybridized carbons (Fsp3) is 0.111. The maximum atomic E-state index is 12.6. The Balaban J connectivity index is 1.53. The summed E-state index contributed by atoms with van der Waals surface area (Å²) < 4.78 is 1.45. The zero-order valence-electron chi connectivity index (χ0n) is 14.2. The third-order valence-electron chi connectivity index (χ3n) is 4.32. The van der Waals surface area contributed by atoms with Crippen LogP contribution >= 0.6 is 0 Å². The van der Waals surface area contributed by atoms with E-state index in [1.807, 2.05) is 0 Å².